The molecular formula is C81H126. The molecule has 0 fully saturated rings. The van der Waals surface area contributed by atoms with Crippen LogP contribution >= 0.6 is 0 Å². The second-order valence-corrected chi connectivity index (χ2v) is 33.2. The van der Waals surface area contributed by atoms with Crippen molar-refractivity contribution in [3.05, 3.63) is 175 Å². The first kappa shape index (κ1) is 69.6. The summed E-state index contributed by atoms with van der Waals surface area (Å²) in [6, 6.07) is 14.8. The van der Waals surface area contributed by atoms with Crippen molar-refractivity contribution in [2.24, 2.45) is 16.2 Å². The van der Waals surface area contributed by atoms with Gasteiger partial charge < -0.3 is 0 Å². The van der Waals surface area contributed by atoms with Gasteiger partial charge in [0.15, 0.2) is 0 Å². The Bertz CT molecular complexity index is 2730. The van der Waals surface area contributed by atoms with Crippen LogP contribution in [0.5, 0.6) is 0 Å². The number of allylic oxidation sites excluding steroid dienone is 9. The van der Waals surface area contributed by atoms with Crippen LogP contribution in [-0.4, -0.2) is 0 Å². The Hall–Kier alpha value is -3.90. The van der Waals surface area contributed by atoms with Crippen molar-refractivity contribution in [3.63, 3.8) is 0 Å². The molecule has 0 radical (unpaired) electrons. The fraction of sp³-hybridized carbons (Fsp3) is 0.630. The van der Waals surface area contributed by atoms with Gasteiger partial charge in [-0.25, -0.2) is 0 Å². The van der Waals surface area contributed by atoms with Gasteiger partial charge in [0.25, 0.3) is 0 Å². The van der Waals surface area contributed by atoms with E-state index in [0.29, 0.717) is 5.41 Å². The second-order valence-electron chi connectivity index (χ2n) is 33.2. The molecule has 0 aliphatic heterocycles. The molecule has 5 rings (SSSR count). The van der Waals surface area contributed by atoms with Crippen molar-refractivity contribution < 1.29 is 0 Å². The van der Waals surface area contributed by atoms with Crippen molar-refractivity contribution in [2.75, 3.05) is 0 Å². The number of benzene rings is 3. The van der Waals surface area contributed by atoms with Crippen molar-refractivity contribution in [3.8, 4) is 0 Å². The zero-order valence-electron chi connectivity index (χ0n) is 58.2. The molecule has 0 amide bonds. The number of fused-ring (bicyclic) bond motifs is 2. The number of unbranched alkanes of at least 4 members (excludes halogenated alkanes) is 3. The molecule has 0 saturated heterocycles. The number of hydrogen-bond acceptors (Lipinski definition) is 0. The number of rotatable bonds is 24. The average molecular weight is 1100 g/mol. The summed E-state index contributed by atoms with van der Waals surface area (Å²) in [6.07, 6.45) is 28.3. The summed E-state index contributed by atoms with van der Waals surface area (Å²) in [7, 11) is 0. The zero-order chi connectivity index (χ0) is 61.7. The topological polar surface area (TPSA) is 0 Å². The Balaban J connectivity index is 0.000000664. The number of aryl methyl sites for hydroxylation is 2. The molecule has 2 aliphatic carbocycles. The van der Waals surface area contributed by atoms with Gasteiger partial charge in [0.1, 0.15) is 0 Å². The lowest BCUT2D eigenvalue weighted by molar-refractivity contribution is 0.189. The molecule has 0 aromatic heterocycles. The lowest BCUT2D eigenvalue weighted by atomic mass is 9.70. The summed E-state index contributed by atoms with van der Waals surface area (Å²) in [5.41, 5.74) is 27.2. The van der Waals surface area contributed by atoms with Crippen LogP contribution in [0, 0.1) is 23.2 Å². The highest BCUT2D eigenvalue weighted by molar-refractivity contribution is 5.66. The van der Waals surface area contributed by atoms with Crippen LogP contribution in [0.3, 0.4) is 0 Å². The standard InChI is InChI=1S/C63H98.C18H28/c1-22-36-63(37-27-25-24-26-30-47-40-51(59(12,13)14)55-53(42-47)61(55,18)19,38-34-44(3)29-28-31-50(58(9,10)11)46(5)49(23-2)57(6,7)8)39-35-45(4)32-33-48-41-52(60(15,16)17)56-54(43-48)62(56,20)21;1-9-10-14-11-15(17(3,4)5)13(2)16(12-14)18(6,7)8/h23,28,31,40-43H,3-4,22,24-27,29-30,32-39H2,1-2,5-21H3;9,11-12H,1,10H2,2-8H3/b31-28+,49-23+,50-46+;. The van der Waals surface area contributed by atoms with E-state index in [-0.39, 0.29) is 43.3 Å². The van der Waals surface area contributed by atoms with Crippen LogP contribution in [0.4, 0.5) is 0 Å². The average Bonchev–Trinajstić information content (AvgIpc) is 4.12. The van der Waals surface area contributed by atoms with Crippen molar-refractivity contribution >= 4 is 0 Å². The minimum absolute atomic E-state index is 0.0716. The van der Waals surface area contributed by atoms with Gasteiger partial charge >= 0.3 is 0 Å². The molecule has 0 heterocycles. The first-order chi connectivity index (χ1) is 37.0. The van der Waals surface area contributed by atoms with Gasteiger partial charge in [-0.15, -0.1) is 6.58 Å². The molecule has 0 bridgehead atoms. The van der Waals surface area contributed by atoms with E-state index in [9.17, 15) is 0 Å². The van der Waals surface area contributed by atoms with Crippen LogP contribution < -0.4 is 0 Å². The van der Waals surface area contributed by atoms with Crippen LogP contribution in [0.1, 0.15) is 323 Å². The minimum Gasteiger partial charge on any atom is -0.103 e. The zero-order valence-corrected chi connectivity index (χ0v) is 58.2. The molecule has 3 aromatic carbocycles. The van der Waals surface area contributed by atoms with E-state index in [4.69, 9.17) is 13.2 Å². The Labute approximate surface area is 503 Å². The van der Waals surface area contributed by atoms with E-state index >= 15 is 0 Å². The quantitative estimate of drug-likeness (QED) is 0.0476. The lowest BCUT2D eigenvalue weighted by Gasteiger charge is -2.35. The summed E-state index contributed by atoms with van der Waals surface area (Å²) >= 11 is 0. The molecule has 81 heavy (non-hydrogen) atoms. The third kappa shape index (κ3) is 18.5. The third-order valence-corrected chi connectivity index (χ3v) is 18.8. The van der Waals surface area contributed by atoms with Crippen LogP contribution in [0.25, 0.3) is 0 Å². The highest BCUT2D eigenvalue weighted by atomic mass is 14.5. The Morgan fingerprint density at radius 1 is 0.519 bits per heavy atom. The molecule has 1 atom stereocenters. The van der Waals surface area contributed by atoms with Gasteiger partial charge in [-0.2, -0.15) is 0 Å². The maximum absolute atomic E-state index is 4.74. The normalized spacial score (nSPS) is 16.2. The highest BCUT2D eigenvalue weighted by Crippen LogP contribution is 2.56. The maximum Gasteiger partial charge on any atom is 0.0155 e. The monoisotopic (exact) mass is 1100 g/mol. The Kier molecular flexibility index (Phi) is 22.8. The molecule has 0 nitrogen and oxygen atoms in total. The highest BCUT2D eigenvalue weighted by Gasteiger charge is 2.47. The molecule has 0 spiro atoms. The minimum atomic E-state index is 0.0716. The second kappa shape index (κ2) is 26.6. The van der Waals surface area contributed by atoms with Gasteiger partial charge in [0, 0.05) is 10.8 Å². The first-order valence-corrected chi connectivity index (χ1v) is 32.5. The Morgan fingerprint density at radius 3 is 1.38 bits per heavy atom. The van der Waals surface area contributed by atoms with E-state index in [1.165, 1.54) is 120 Å². The van der Waals surface area contributed by atoms with Crippen LogP contribution in [0.2, 0.25) is 0 Å². The van der Waals surface area contributed by atoms with Crippen LogP contribution in [-0.2, 0) is 51.8 Å². The Morgan fingerprint density at radius 2 is 0.963 bits per heavy atom. The van der Waals surface area contributed by atoms with E-state index in [1.54, 1.807) is 38.9 Å². The van der Waals surface area contributed by atoms with Crippen LogP contribution in [0.15, 0.2) is 108 Å². The van der Waals surface area contributed by atoms with Gasteiger partial charge in [0.2, 0.25) is 0 Å². The molecule has 2 aliphatic rings. The van der Waals surface area contributed by atoms with E-state index < -0.39 is 0 Å². The smallest absolute Gasteiger partial charge is 0.0155 e. The van der Waals surface area contributed by atoms with E-state index in [1.807, 2.05) is 6.08 Å². The molecule has 1 unspecified atom stereocenters. The molecule has 0 saturated carbocycles. The molecule has 450 valence electrons. The van der Waals surface area contributed by atoms with Crippen molar-refractivity contribution in [1.29, 1.82) is 0 Å². The van der Waals surface area contributed by atoms with Gasteiger partial charge in [0.05, 0.1) is 0 Å². The molecule has 3 aromatic rings. The predicted molar refractivity (Wildman–Crippen MR) is 365 cm³/mol. The van der Waals surface area contributed by atoms with E-state index in [0.717, 1.165) is 38.5 Å². The van der Waals surface area contributed by atoms with Gasteiger partial charge in [-0.1, -0.05) is 270 Å². The molecular weight excluding hydrogens is 973 g/mol. The number of hydrogen-bond donors (Lipinski definition) is 0. The van der Waals surface area contributed by atoms with Gasteiger partial charge in [-0.05, 0) is 219 Å². The summed E-state index contributed by atoms with van der Waals surface area (Å²) < 4.78 is 0. The molecule has 0 heteroatoms. The fourth-order valence-corrected chi connectivity index (χ4v) is 14.1. The fourth-order valence-electron chi connectivity index (χ4n) is 14.1. The van der Waals surface area contributed by atoms with E-state index in [2.05, 4.69) is 241 Å². The third-order valence-electron chi connectivity index (χ3n) is 18.8. The molecule has 0 N–H and O–H groups in total. The van der Waals surface area contributed by atoms with Gasteiger partial charge in [-0.3, -0.25) is 0 Å². The first-order valence-electron chi connectivity index (χ1n) is 32.5. The summed E-state index contributed by atoms with van der Waals surface area (Å²) in [5.74, 6) is 0. The van der Waals surface area contributed by atoms with Crippen molar-refractivity contribution in [2.45, 2.75) is 315 Å². The summed E-state index contributed by atoms with van der Waals surface area (Å²) in [6.45, 7) is 74.2. The van der Waals surface area contributed by atoms with Crippen molar-refractivity contribution in [1.82, 2.24) is 0 Å². The SMILES string of the molecule is C=C(C/C=C/C(=C(C)\C(=C/C)C(C)(C)C)C(C)(C)C)CCC(CCC)(CCCCCCc1cc(C(C)(C)C)c2c(c1)C2(C)C)CCC(=C)CCc1cc(C(C)(C)C)c2c(c1)C2(C)C.C=CCc1cc(C(C)(C)C)c(C)c(C(C)(C)C)c1. The summed E-state index contributed by atoms with van der Waals surface area (Å²) in [4.78, 5) is 0. The summed E-state index contributed by atoms with van der Waals surface area (Å²) in [5, 5.41) is 0. The largest absolute Gasteiger partial charge is 0.103 e. The predicted octanol–water partition coefficient (Wildman–Crippen LogP) is 24.8. The maximum atomic E-state index is 4.74. The lowest BCUT2D eigenvalue weighted by Crippen LogP contribution is -2.22.